The smallest absolute Gasteiger partial charge is 0.124 e. The molecule has 104 valence electrons. The third kappa shape index (κ3) is 2.49. The summed E-state index contributed by atoms with van der Waals surface area (Å²) in [5, 5.41) is 0. The zero-order valence-electron chi connectivity index (χ0n) is 11.9. The first kappa shape index (κ1) is 12.9. The van der Waals surface area contributed by atoms with Crippen molar-refractivity contribution >= 4 is 0 Å². The maximum atomic E-state index is 6.35. The van der Waals surface area contributed by atoms with Gasteiger partial charge in [0.25, 0.3) is 0 Å². The highest BCUT2D eigenvalue weighted by atomic mass is 16.5. The molecule has 3 rings (SSSR count). The van der Waals surface area contributed by atoms with Gasteiger partial charge in [0.1, 0.15) is 11.4 Å². The Morgan fingerprint density at radius 3 is 2.68 bits per heavy atom. The van der Waals surface area contributed by atoms with E-state index in [-0.39, 0.29) is 17.2 Å². The lowest BCUT2D eigenvalue weighted by Crippen LogP contribution is -2.48. The fourth-order valence-corrected chi connectivity index (χ4v) is 3.28. The molecule has 1 aliphatic heterocycles. The van der Waals surface area contributed by atoms with Gasteiger partial charge in [0.2, 0.25) is 0 Å². The highest BCUT2D eigenvalue weighted by Crippen LogP contribution is 2.48. The molecule has 1 aromatic carbocycles. The summed E-state index contributed by atoms with van der Waals surface area (Å²) < 4.78 is 6.20. The fraction of sp³-hybridized carbons (Fsp3) is 0.625. The van der Waals surface area contributed by atoms with Gasteiger partial charge in [0, 0.05) is 23.6 Å². The molecule has 0 unspecified atom stereocenters. The molecule has 0 radical (unpaired) electrons. The Morgan fingerprint density at radius 2 is 2.11 bits per heavy atom. The first-order chi connectivity index (χ1) is 8.87. The Morgan fingerprint density at radius 1 is 1.37 bits per heavy atom. The number of hydrogen-bond donors (Lipinski definition) is 2. The number of nitrogens with two attached hydrogens (primary N) is 2. The van der Waals surface area contributed by atoms with Crippen LogP contribution in [-0.2, 0) is 6.42 Å². The van der Waals surface area contributed by atoms with Crippen LogP contribution in [0.15, 0.2) is 18.2 Å². The van der Waals surface area contributed by atoms with Crippen molar-refractivity contribution in [1.29, 1.82) is 0 Å². The summed E-state index contributed by atoms with van der Waals surface area (Å²) in [6, 6.07) is 6.48. The maximum Gasteiger partial charge on any atom is 0.124 e. The molecule has 19 heavy (non-hydrogen) atoms. The van der Waals surface area contributed by atoms with Gasteiger partial charge in [-0.3, -0.25) is 0 Å². The summed E-state index contributed by atoms with van der Waals surface area (Å²) in [7, 11) is 0. The highest BCUT2D eigenvalue weighted by molar-refractivity contribution is 5.42. The van der Waals surface area contributed by atoms with E-state index in [4.69, 9.17) is 16.2 Å². The summed E-state index contributed by atoms with van der Waals surface area (Å²) in [5.74, 6) is 0.983. The van der Waals surface area contributed by atoms with E-state index < -0.39 is 0 Å². The van der Waals surface area contributed by atoms with Crippen LogP contribution in [0.2, 0.25) is 0 Å². The second-order valence-corrected chi connectivity index (χ2v) is 6.99. The minimum Gasteiger partial charge on any atom is -0.487 e. The topological polar surface area (TPSA) is 61.3 Å². The normalized spacial score (nSPS) is 24.5. The van der Waals surface area contributed by atoms with Crippen molar-refractivity contribution in [3.05, 3.63) is 29.3 Å². The van der Waals surface area contributed by atoms with Crippen LogP contribution < -0.4 is 16.2 Å². The predicted octanol–water partition coefficient (Wildman–Crippen LogP) is 2.67. The Balaban J connectivity index is 1.87. The molecule has 1 heterocycles. The quantitative estimate of drug-likeness (QED) is 0.859. The summed E-state index contributed by atoms with van der Waals surface area (Å²) in [5.41, 5.74) is 14.7. The van der Waals surface area contributed by atoms with Crippen LogP contribution in [0.5, 0.6) is 5.75 Å². The van der Waals surface area contributed by atoms with Gasteiger partial charge in [0.15, 0.2) is 0 Å². The van der Waals surface area contributed by atoms with E-state index in [0.29, 0.717) is 0 Å². The lowest BCUT2D eigenvalue weighted by molar-refractivity contribution is -0.0329. The lowest BCUT2D eigenvalue weighted by atomic mass is 9.73. The highest BCUT2D eigenvalue weighted by Gasteiger charge is 2.44. The van der Waals surface area contributed by atoms with Gasteiger partial charge in [-0.05, 0) is 51.2 Å². The Bertz CT molecular complexity index is 486. The lowest BCUT2D eigenvalue weighted by Gasteiger charge is -2.47. The number of hydrogen-bond acceptors (Lipinski definition) is 3. The number of ether oxygens (including phenoxy) is 1. The van der Waals surface area contributed by atoms with E-state index >= 15 is 0 Å². The van der Waals surface area contributed by atoms with Crippen LogP contribution in [0.4, 0.5) is 0 Å². The first-order valence-electron chi connectivity index (χ1n) is 7.23. The molecule has 2 aliphatic rings. The van der Waals surface area contributed by atoms with Gasteiger partial charge in [-0.1, -0.05) is 12.1 Å². The maximum absolute atomic E-state index is 6.35. The molecular weight excluding hydrogens is 236 g/mol. The van der Waals surface area contributed by atoms with Crippen molar-refractivity contribution in [2.45, 2.75) is 63.1 Å². The van der Waals surface area contributed by atoms with Crippen LogP contribution in [-0.4, -0.2) is 11.1 Å². The minimum absolute atomic E-state index is 0.0427. The molecule has 4 N–H and O–H groups in total. The van der Waals surface area contributed by atoms with E-state index in [9.17, 15) is 0 Å². The van der Waals surface area contributed by atoms with E-state index in [2.05, 4.69) is 18.2 Å². The molecule has 1 fully saturated rings. The zero-order valence-corrected chi connectivity index (χ0v) is 11.9. The van der Waals surface area contributed by atoms with Crippen molar-refractivity contribution in [1.82, 2.24) is 0 Å². The van der Waals surface area contributed by atoms with E-state index in [1.165, 1.54) is 12.0 Å². The monoisotopic (exact) mass is 260 g/mol. The standard InChI is InChI=1S/C16H24N2O/c1-15(2,18)9-11-4-5-14-12(8-11)13(17)10-16(19-14)6-3-7-16/h4-5,8,13H,3,6-7,9-10,17-18H2,1-2H3/t13-/m0/s1. The average molecular weight is 260 g/mol. The first-order valence-corrected chi connectivity index (χ1v) is 7.23. The molecule has 1 aromatic rings. The largest absolute Gasteiger partial charge is 0.487 e. The SMILES string of the molecule is CC(C)(N)Cc1ccc2c(c1)[C@@H](N)CC1(CCC1)O2. The van der Waals surface area contributed by atoms with Crippen LogP contribution in [0.3, 0.4) is 0 Å². The molecule has 3 nitrogen and oxygen atoms in total. The molecular formula is C16H24N2O. The minimum atomic E-state index is -0.191. The van der Waals surface area contributed by atoms with Crippen molar-refractivity contribution < 1.29 is 4.74 Å². The average Bonchev–Trinajstić information content (AvgIpc) is 2.25. The van der Waals surface area contributed by atoms with Crippen molar-refractivity contribution in [3.63, 3.8) is 0 Å². The second kappa shape index (κ2) is 4.22. The number of rotatable bonds is 2. The van der Waals surface area contributed by atoms with Crippen LogP contribution in [0, 0.1) is 0 Å². The van der Waals surface area contributed by atoms with Gasteiger partial charge in [-0.25, -0.2) is 0 Å². The molecule has 1 aliphatic carbocycles. The summed E-state index contributed by atoms with van der Waals surface area (Å²) in [4.78, 5) is 0. The second-order valence-electron chi connectivity index (χ2n) is 6.99. The Labute approximate surface area is 115 Å². The summed E-state index contributed by atoms with van der Waals surface area (Å²) >= 11 is 0. The van der Waals surface area contributed by atoms with E-state index in [1.54, 1.807) is 0 Å². The Kier molecular flexibility index (Phi) is 2.88. The summed E-state index contributed by atoms with van der Waals surface area (Å²) in [6.45, 7) is 4.10. The van der Waals surface area contributed by atoms with Gasteiger partial charge < -0.3 is 16.2 Å². The van der Waals surface area contributed by atoms with Crippen LogP contribution in [0.25, 0.3) is 0 Å². The zero-order chi connectivity index (χ0) is 13.7. The summed E-state index contributed by atoms with van der Waals surface area (Å²) in [6.07, 6.45) is 5.38. The molecule has 0 bridgehead atoms. The van der Waals surface area contributed by atoms with Crippen molar-refractivity contribution in [3.8, 4) is 5.75 Å². The van der Waals surface area contributed by atoms with Gasteiger partial charge in [-0.15, -0.1) is 0 Å². The molecule has 3 heteroatoms. The predicted molar refractivity (Wildman–Crippen MR) is 77.2 cm³/mol. The molecule has 1 atom stereocenters. The third-order valence-corrected chi connectivity index (χ3v) is 4.32. The van der Waals surface area contributed by atoms with E-state index in [1.807, 2.05) is 13.8 Å². The fourth-order valence-electron chi connectivity index (χ4n) is 3.28. The van der Waals surface area contributed by atoms with Crippen molar-refractivity contribution in [2.75, 3.05) is 0 Å². The molecule has 1 spiro atoms. The van der Waals surface area contributed by atoms with Gasteiger partial charge >= 0.3 is 0 Å². The number of benzene rings is 1. The molecule has 1 saturated carbocycles. The molecule has 0 amide bonds. The Hall–Kier alpha value is -1.06. The van der Waals surface area contributed by atoms with E-state index in [0.717, 1.165) is 37.0 Å². The van der Waals surface area contributed by atoms with Crippen LogP contribution in [0.1, 0.15) is 56.7 Å². The van der Waals surface area contributed by atoms with Gasteiger partial charge in [-0.2, -0.15) is 0 Å². The third-order valence-electron chi connectivity index (χ3n) is 4.32. The van der Waals surface area contributed by atoms with Gasteiger partial charge in [0.05, 0.1) is 0 Å². The van der Waals surface area contributed by atoms with Crippen molar-refractivity contribution in [2.24, 2.45) is 11.5 Å². The molecule has 0 saturated heterocycles. The van der Waals surface area contributed by atoms with Crippen LogP contribution >= 0.6 is 0 Å². The molecule has 0 aromatic heterocycles. The number of fused-ring (bicyclic) bond motifs is 1.